The van der Waals surface area contributed by atoms with Gasteiger partial charge in [0.05, 0.1) is 5.69 Å². The lowest BCUT2D eigenvalue weighted by Gasteiger charge is -2.07. The Bertz CT molecular complexity index is 591. The molecule has 0 aliphatic heterocycles. The maximum atomic E-state index is 11.9. The molecule has 0 fully saturated rings. The number of esters is 1. The van der Waals surface area contributed by atoms with Crippen molar-refractivity contribution < 1.29 is 27.5 Å². The number of aromatic nitrogens is 2. The standard InChI is InChI=1S/C13H16F3N3O3/c1-8-10(9(2)19(3)18-8)4-5-12(21)22-6-11(20)17-7-13(14,15)16/h4-5H,6-7H2,1-3H3,(H,17,20)/b5-4+. The van der Waals surface area contributed by atoms with Crippen molar-refractivity contribution in [3.8, 4) is 0 Å². The molecule has 22 heavy (non-hydrogen) atoms. The third-order valence-electron chi connectivity index (χ3n) is 2.78. The van der Waals surface area contributed by atoms with E-state index in [4.69, 9.17) is 0 Å². The lowest BCUT2D eigenvalue weighted by molar-refractivity contribution is -0.148. The Morgan fingerprint density at radius 2 is 2.00 bits per heavy atom. The van der Waals surface area contributed by atoms with E-state index in [9.17, 15) is 22.8 Å². The van der Waals surface area contributed by atoms with Crippen LogP contribution in [0.25, 0.3) is 6.08 Å². The van der Waals surface area contributed by atoms with E-state index in [1.54, 1.807) is 24.0 Å². The number of hydrogen-bond acceptors (Lipinski definition) is 4. The van der Waals surface area contributed by atoms with E-state index in [-0.39, 0.29) is 0 Å². The number of ether oxygens (including phenoxy) is 1. The molecule has 9 heteroatoms. The van der Waals surface area contributed by atoms with Crippen molar-refractivity contribution in [2.24, 2.45) is 7.05 Å². The summed E-state index contributed by atoms with van der Waals surface area (Å²) in [6, 6.07) is 0. The van der Waals surface area contributed by atoms with Crippen LogP contribution in [0.3, 0.4) is 0 Å². The van der Waals surface area contributed by atoms with Gasteiger partial charge in [0, 0.05) is 24.4 Å². The van der Waals surface area contributed by atoms with Gasteiger partial charge in [0.2, 0.25) is 0 Å². The molecule has 0 unspecified atom stereocenters. The summed E-state index contributed by atoms with van der Waals surface area (Å²) >= 11 is 0. The summed E-state index contributed by atoms with van der Waals surface area (Å²) < 4.78 is 41.8. The van der Waals surface area contributed by atoms with Gasteiger partial charge in [-0.1, -0.05) is 0 Å². The summed E-state index contributed by atoms with van der Waals surface area (Å²) in [5, 5.41) is 5.75. The van der Waals surface area contributed by atoms with Crippen LogP contribution in [0.4, 0.5) is 13.2 Å². The van der Waals surface area contributed by atoms with Crippen molar-refractivity contribution in [1.82, 2.24) is 15.1 Å². The Hall–Kier alpha value is -2.32. The van der Waals surface area contributed by atoms with Crippen LogP contribution >= 0.6 is 0 Å². The van der Waals surface area contributed by atoms with Crippen LogP contribution in [0, 0.1) is 13.8 Å². The fourth-order valence-electron chi connectivity index (χ4n) is 1.62. The van der Waals surface area contributed by atoms with Crippen molar-refractivity contribution in [3.05, 3.63) is 23.0 Å². The van der Waals surface area contributed by atoms with Crippen molar-refractivity contribution in [1.29, 1.82) is 0 Å². The zero-order valence-electron chi connectivity index (χ0n) is 12.3. The molecule has 0 radical (unpaired) electrons. The average Bonchev–Trinajstić information content (AvgIpc) is 2.65. The molecule has 0 aromatic carbocycles. The second-order valence-electron chi connectivity index (χ2n) is 4.54. The van der Waals surface area contributed by atoms with Crippen LogP contribution in [0.5, 0.6) is 0 Å². The quantitative estimate of drug-likeness (QED) is 0.655. The van der Waals surface area contributed by atoms with Crippen molar-refractivity contribution in [2.75, 3.05) is 13.2 Å². The Morgan fingerprint density at radius 3 is 2.50 bits per heavy atom. The molecule has 0 saturated heterocycles. The van der Waals surface area contributed by atoms with Crippen LogP contribution < -0.4 is 5.32 Å². The minimum atomic E-state index is -4.51. The molecular formula is C13H16F3N3O3. The van der Waals surface area contributed by atoms with Crippen LogP contribution in [-0.4, -0.2) is 41.0 Å². The molecule has 6 nitrogen and oxygen atoms in total. The van der Waals surface area contributed by atoms with E-state index >= 15 is 0 Å². The fourth-order valence-corrected chi connectivity index (χ4v) is 1.62. The van der Waals surface area contributed by atoms with Gasteiger partial charge in [-0.05, 0) is 19.9 Å². The first-order valence-electron chi connectivity index (χ1n) is 6.28. The number of rotatable bonds is 5. The summed E-state index contributed by atoms with van der Waals surface area (Å²) in [7, 11) is 1.75. The molecule has 1 aromatic rings. The predicted octanol–water partition coefficient (Wildman–Crippen LogP) is 1.27. The van der Waals surface area contributed by atoms with E-state index in [1.807, 2.05) is 6.92 Å². The fraction of sp³-hybridized carbons (Fsp3) is 0.462. The number of hydrogen-bond donors (Lipinski definition) is 1. The molecule has 1 amide bonds. The molecule has 0 atom stereocenters. The predicted molar refractivity (Wildman–Crippen MR) is 71.7 cm³/mol. The molecule has 0 aliphatic rings. The maximum Gasteiger partial charge on any atom is 0.405 e. The zero-order chi connectivity index (χ0) is 16.9. The van der Waals surface area contributed by atoms with E-state index < -0.39 is 31.2 Å². The monoisotopic (exact) mass is 319 g/mol. The number of carbonyl (C=O) groups is 2. The van der Waals surface area contributed by atoms with Crippen molar-refractivity contribution >= 4 is 18.0 Å². The number of amides is 1. The third-order valence-corrected chi connectivity index (χ3v) is 2.78. The van der Waals surface area contributed by atoms with Gasteiger partial charge in [-0.25, -0.2) is 4.79 Å². The van der Waals surface area contributed by atoms with Crippen molar-refractivity contribution in [3.63, 3.8) is 0 Å². The van der Waals surface area contributed by atoms with E-state index in [1.165, 1.54) is 6.08 Å². The number of nitrogens with one attached hydrogen (secondary N) is 1. The van der Waals surface area contributed by atoms with Crippen LogP contribution in [0.15, 0.2) is 6.08 Å². The second kappa shape index (κ2) is 7.10. The molecule has 1 heterocycles. The largest absolute Gasteiger partial charge is 0.452 e. The van der Waals surface area contributed by atoms with E-state index in [0.29, 0.717) is 5.69 Å². The number of carbonyl (C=O) groups excluding carboxylic acids is 2. The van der Waals surface area contributed by atoms with Gasteiger partial charge in [0.1, 0.15) is 6.54 Å². The summed E-state index contributed by atoms with van der Waals surface area (Å²) in [6.45, 7) is 1.34. The molecule has 0 aliphatic carbocycles. The highest BCUT2D eigenvalue weighted by atomic mass is 19.4. The first-order valence-corrected chi connectivity index (χ1v) is 6.28. The number of halogens is 3. The highest BCUT2D eigenvalue weighted by molar-refractivity contribution is 5.89. The molecular weight excluding hydrogens is 303 g/mol. The molecule has 122 valence electrons. The summed E-state index contributed by atoms with van der Waals surface area (Å²) in [5.41, 5.74) is 2.29. The maximum absolute atomic E-state index is 11.9. The lowest BCUT2D eigenvalue weighted by Crippen LogP contribution is -2.36. The number of nitrogens with zero attached hydrogens (tertiary/aromatic N) is 2. The van der Waals surface area contributed by atoms with Gasteiger partial charge in [-0.2, -0.15) is 18.3 Å². The first-order chi connectivity index (χ1) is 10.1. The minimum Gasteiger partial charge on any atom is -0.452 e. The average molecular weight is 319 g/mol. The number of aryl methyl sites for hydroxylation is 2. The Balaban J connectivity index is 2.46. The van der Waals surface area contributed by atoms with Gasteiger partial charge in [0.25, 0.3) is 5.91 Å². The van der Waals surface area contributed by atoms with Gasteiger partial charge < -0.3 is 10.1 Å². The molecule has 1 N–H and O–H groups in total. The lowest BCUT2D eigenvalue weighted by atomic mass is 10.2. The van der Waals surface area contributed by atoms with Gasteiger partial charge >= 0.3 is 12.1 Å². The zero-order valence-corrected chi connectivity index (χ0v) is 12.3. The molecule has 1 rings (SSSR count). The summed E-state index contributed by atoms with van der Waals surface area (Å²) in [6.07, 6.45) is -1.93. The normalized spacial score (nSPS) is 11.7. The highest BCUT2D eigenvalue weighted by Crippen LogP contribution is 2.13. The van der Waals surface area contributed by atoms with Gasteiger partial charge in [0.15, 0.2) is 6.61 Å². The summed E-state index contributed by atoms with van der Waals surface area (Å²) in [5.74, 6) is -1.85. The Kier molecular flexibility index (Phi) is 5.72. The highest BCUT2D eigenvalue weighted by Gasteiger charge is 2.27. The molecule has 0 bridgehead atoms. The number of alkyl halides is 3. The third kappa shape index (κ3) is 5.58. The second-order valence-corrected chi connectivity index (χ2v) is 4.54. The molecule has 0 saturated carbocycles. The minimum absolute atomic E-state index is 0.715. The van der Waals surface area contributed by atoms with E-state index in [2.05, 4.69) is 9.84 Å². The summed E-state index contributed by atoms with van der Waals surface area (Å²) in [4.78, 5) is 22.5. The van der Waals surface area contributed by atoms with Crippen LogP contribution in [0.1, 0.15) is 17.0 Å². The van der Waals surface area contributed by atoms with Gasteiger partial charge in [-0.15, -0.1) is 0 Å². The smallest absolute Gasteiger partial charge is 0.405 e. The SMILES string of the molecule is Cc1nn(C)c(C)c1/C=C/C(=O)OCC(=O)NCC(F)(F)F. The van der Waals surface area contributed by atoms with E-state index in [0.717, 1.165) is 17.3 Å². The van der Waals surface area contributed by atoms with Crippen LogP contribution in [0.2, 0.25) is 0 Å². The topological polar surface area (TPSA) is 73.2 Å². The van der Waals surface area contributed by atoms with Crippen molar-refractivity contribution in [2.45, 2.75) is 20.0 Å². The van der Waals surface area contributed by atoms with Gasteiger partial charge in [-0.3, -0.25) is 9.48 Å². The molecule has 1 aromatic heterocycles. The Labute approximate surface area is 124 Å². The molecule has 0 spiro atoms. The van der Waals surface area contributed by atoms with Crippen LogP contribution in [-0.2, 0) is 21.4 Å². The Morgan fingerprint density at radius 1 is 1.36 bits per heavy atom. The first kappa shape index (κ1) is 17.7.